The molecule has 14 heavy (non-hydrogen) atoms. The Morgan fingerprint density at radius 1 is 1.21 bits per heavy atom. The number of nitrogens with zero attached hydrogens (tertiary/aromatic N) is 3. The zero-order valence-electron chi connectivity index (χ0n) is 7.93. The number of rotatable bonds is 3. The van der Waals surface area contributed by atoms with Gasteiger partial charge in [-0.1, -0.05) is 13.0 Å². The molecule has 0 aromatic carbocycles. The van der Waals surface area contributed by atoms with Gasteiger partial charge in [0.2, 0.25) is 0 Å². The molecule has 2 rings (SSSR count). The summed E-state index contributed by atoms with van der Waals surface area (Å²) in [5.74, 6) is 0. The van der Waals surface area contributed by atoms with Gasteiger partial charge in [-0.15, -0.1) is 0 Å². The molecule has 0 saturated heterocycles. The summed E-state index contributed by atoms with van der Waals surface area (Å²) >= 11 is 0. The van der Waals surface area contributed by atoms with E-state index < -0.39 is 0 Å². The molecule has 0 aliphatic heterocycles. The SMILES string of the molecule is [CH2]CCn1cnc(-c2ccccn2)c1. The van der Waals surface area contributed by atoms with Crippen LogP contribution in [-0.2, 0) is 6.54 Å². The number of pyridine rings is 1. The lowest BCUT2D eigenvalue weighted by atomic mass is 10.3. The lowest BCUT2D eigenvalue weighted by Gasteiger charge is -1.95. The van der Waals surface area contributed by atoms with E-state index in [1.54, 1.807) is 6.20 Å². The largest absolute Gasteiger partial charge is 0.337 e. The lowest BCUT2D eigenvalue weighted by molar-refractivity contribution is 0.707. The summed E-state index contributed by atoms with van der Waals surface area (Å²) < 4.78 is 2.02. The van der Waals surface area contributed by atoms with Crippen molar-refractivity contribution in [2.75, 3.05) is 0 Å². The lowest BCUT2D eigenvalue weighted by Crippen LogP contribution is -1.91. The van der Waals surface area contributed by atoms with Crippen LogP contribution in [0.25, 0.3) is 11.4 Å². The zero-order valence-corrected chi connectivity index (χ0v) is 7.93. The Kier molecular flexibility index (Phi) is 2.58. The maximum atomic E-state index is 4.28. The number of aromatic nitrogens is 3. The van der Waals surface area contributed by atoms with Crippen LogP contribution in [-0.4, -0.2) is 14.5 Å². The highest BCUT2D eigenvalue weighted by molar-refractivity contribution is 5.52. The summed E-state index contributed by atoms with van der Waals surface area (Å²) in [4.78, 5) is 8.51. The van der Waals surface area contributed by atoms with Crippen LogP contribution in [0.4, 0.5) is 0 Å². The highest BCUT2D eigenvalue weighted by Gasteiger charge is 2.01. The van der Waals surface area contributed by atoms with E-state index in [1.807, 2.05) is 35.3 Å². The summed E-state index contributed by atoms with van der Waals surface area (Å²) in [7, 11) is 0. The van der Waals surface area contributed by atoms with E-state index >= 15 is 0 Å². The quantitative estimate of drug-likeness (QED) is 0.735. The van der Waals surface area contributed by atoms with Crippen LogP contribution in [0.15, 0.2) is 36.9 Å². The normalized spacial score (nSPS) is 10.4. The monoisotopic (exact) mass is 186 g/mol. The van der Waals surface area contributed by atoms with Crippen LogP contribution in [0.2, 0.25) is 0 Å². The fraction of sp³-hybridized carbons (Fsp3) is 0.182. The van der Waals surface area contributed by atoms with Crippen molar-refractivity contribution in [1.29, 1.82) is 0 Å². The first kappa shape index (κ1) is 8.94. The van der Waals surface area contributed by atoms with Crippen LogP contribution in [0.1, 0.15) is 6.42 Å². The van der Waals surface area contributed by atoms with Gasteiger partial charge >= 0.3 is 0 Å². The van der Waals surface area contributed by atoms with Gasteiger partial charge in [0.15, 0.2) is 0 Å². The maximum Gasteiger partial charge on any atom is 0.107 e. The summed E-state index contributed by atoms with van der Waals surface area (Å²) in [6.07, 6.45) is 6.45. The van der Waals surface area contributed by atoms with Gasteiger partial charge in [0, 0.05) is 18.9 Å². The Hall–Kier alpha value is -1.64. The highest BCUT2D eigenvalue weighted by atomic mass is 15.0. The van der Waals surface area contributed by atoms with Crippen LogP contribution in [0.3, 0.4) is 0 Å². The fourth-order valence-electron chi connectivity index (χ4n) is 1.31. The first-order chi connectivity index (χ1) is 6.90. The molecule has 71 valence electrons. The molecule has 2 heterocycles. The number of hydrogen-bond donors (Lipinski definition) is 0. The molecule has 0 amide bonds. The van der Waals surface area contributed by atoms with Crippen LogP contribution in [0.5, 0.6) is 0 Å². The van der Waals surface area contributed by atoms with Gasteiger partial charge in [0.25, 0.3) is 0 Å². The Balaban J connectivity index is 2.25. The molecule has 3 nitrogen and oxygen atoms in total. The molecule has 0 bridgehead atoms. The Labute approximate surface area is 83.4 Å². The molecule has 0 unspecified atom stereocenters. The maximum absolute atomic E-state index is 4.28. The fourth-order valence-corrected chi connectivity index (χ4v) is 1.31. The topological polar surface area (TPSA) is 30.7 Å². The summed E-state index contributed by atoms with van der Waals surface area (Å²) in [6, 6.07) is 5.82. The first-order valence-electron chi connectivity index (χ1n) is 4.62. The van der Waals surface area contributed by atoms with Crippen LogP contribution < -0.4 is 0 Å². The third-order valence-corrected chi connectivity index (χ3v) is 1.98. The molecule has 3 heteroatoms. The molecular weight excluding hydrogens is 174 g/mol. The van der Waals surface area contributed by atoms with Crippen molar-refractivity contribution in [3.8, 4) is 11.4 Å². The second-order valence-corrected chi connectivity index (χ2v) is 3.07. The molecule has 0 N–H and O–H groups in total. The molecule has 2 aromatic heterocycles. The molecule has 1 radical (unpaired) electrons. The Bertz CT molecular complexity index is 392. The average Bonchev–Trinajstić information content (AvgIpc) is 2.68. The van der Waals surface area contributed by atoms with E-state index in [-0.39, 0.29) is 0 Å². The number of hydrogen-bond acceptors (Lipinski definition) is 2. The van der Waals surface area contributed by atoms with E-state index in [1.165, 1.54) is 0 Å². The van der Waals surface area contributed by atoms with Crippen molar-refractivity contribution in [3.05, 3.63) is 43.8 Å². The second kappa shape index (κ2) is 4.05. The minimum atomic E-state index is 0.873. The van der Waals surface area contributed by atoms with Gasteiger partial charge in [-0.05, 0) is 18.6 Å². The standard InChI is InChI=1S/C11H12N3/c1-2-7-14-8-11(13-9-14)10-5-3-4-6-12-10/h3-6,8-9H,1-2,7H2. The Morgan fingerprint density at radius 3 is 2.86 bits per heavy atom. The third kappa shape index (κ3) is 1.82. The van der Waals surface area contributed by atoms with Gasteiger partial charge in [-0.25, -0.2) is 4.98 Å². The smallest absolute Gasteiger partial charge is 0.107 e. The van der Waals surface area contributed by atoms with Crippen molar-refractivity contribution >= 4 is 0 Å². The molecule has 2 aromatic rings. The van der Waals surface area contributed by atoms with Crippen molar-refractivity contribution in [2.24, 2.45) is 0 Å². The van der Waals surface area contributed by atoms with Gasteiger partial charge in [-0.3, -0.25) is 4.98 Å². The highest BCUT2D eigenvalue weighted by Crippen LogP contribution is 2.12. The van der Waals surface area contributed by atoms with E-state index in [4.69, 9.17) is 0 Å². The molecule has 0 spiro atoms. The van der Waals surface area contributed by atoms with Gasteiger partial charge in [0.1, 0.15) is 5.69 Å². The summed E-state index contributed by atoms with van der Waals surface area (Å²) in [5, 5.41) is 0. The molecule has 0 saturated carbocycles. The molecule has 0 aliphatic rings. The van der Waals surface area contributed by atoms with Crippen molar-refractivity contribution < 1.29 is 0 Å². The minimum Gasteiger partial charge on any atom is -0.337 e. The van der Waals surface area contributed by atoms with E-state index in [0.29, 0.717) is 0 Å². The van der Waals surface area contributed by atoms with E-state index in [9.17, 15) is 0 Å². The van der Waals surface area contributed by atoms with E-state index in [2.05, 4.69) is 16.9 Å². The van der Waals surface area contributed by atoms with Crippen molar-refractivity contribution in [1.82, 2.24) is 14.5 Å². The van der Waals surface area contributed by atoms with Crippen molar-refractivity contribution in [2.45, 2.75) is 13.0 Å². The predicted molar refractivity (Wildman–Crippen MR) is 55.4 cm³/mol. The summed E-state index contributed by atoms with van der Waals surface area (Å²) in [5.41, 5.74) is 1.83. The van der Waals surface area contributed by atoms with Gasteiger partial charge in [0.05, 0.1) is 12.0 Å². The molecule has 0 aliphatic carbocycles. The first-order valence-corrected chi connectivity index (χ1v) is 4.62. The Morgan fingerprint density at radius 2 is 2.14 bits per heavy atom. The number of imidazole rings is 1. The van der Waals surface area contributed by atoms with Gasteiger partial charge < -0.3 is 4.57 Å². The zero-order chi connectivity index (χ0) is 9.80. The second-order valence-electron chi connectivity index (χ2n) is 3.07. The van der Waals surface area contributed by atoms with Gasteiger partial charge in [-0.2, -0.15) is 0 Å². The van der Waals surface area contributed by atoms with Crippen LogP contribution in [0, 0.1) is 6.92 Å². The summed E-state index contributed by atoms with van der Waals surface area (Å²) in [6.45, 7) is 4.70. The molecule has 0 fully saturated rings. The van der Waals surface area contributed by atoms with E-state index in [0.717, 1.165) is 24.4 Å². The molecular formula is C11H12N3. The van der Waals surface area contributed by atoms with Crippen molar-refractivity contribution in [3.63, 3.8) is 0 Å². The minimum absolute atomic E-state index is 0.873. The number of aryl methyl sites for hydroxylation is 1. The third-order valence-electron chi connectivity index (χ3n) is 1.98. The predicted octanol–water partition coefficient (Wildman–Crippen LogP) is 2.17. The van der Waals surface area contributed by atoms with Crippen LogP contribution >= 0.6 is 0 Å². The molecule has 0 atom stereocenters. The average molecular weight is 186 g/mol.